The van der Waals surface area contributed by atoms with Crippen LogP contribution in [0.15, 0.2) is 86.0 Å². The number of nitrogens with two attached hydrogens (primary N) is 1. The summed E-state index contributed by atoms with van der Waals surface area (Å²) in [4.78, 5) is 5.98. The van der Waals surface area contributed by atoms with Crippen LogP contribution in [0.5, 0.6) is 0 Å². The molecule has 0 aliphatic heterocycles. The Hall–Kier alpha value is -3.46. The van der Waals surface area contributed by atoms with Crippen LogP contribution in [-0.2, 0) is 4.84 Å². The molecule has 0 fully saturated rings. The van der Waals surface area contributed by atoms with Gasteiger partial charge in [-0.15, -0.1) is 0 Å². The summed E-state index contributed by atoms with van der Waals surface area (Å²) < 4.78 is 0. The number of para-hydroxylation sites is 1. The first kappa shape index (κ1) is 22.2. The third-order valence-electron chi connectivity index (χ3n) is 5.72. The van der Waals surface area contributed by atoms with Crippen LogP contribution in [0.1, 0.15) is 60.4 Å². The van der Waals surface area contributed by atoms with Crippen molar-refractivity contribution in [1.82, 2.24) is 5.06 Å². The van der Waals surface area contributed by atoms with E-state index < -0.39 is 0 Å². The highest BCUT2D eigenvalue weighted by atomic mass is 16.7. The SMILES string of the molecule is C=C(ON(C)C(=C)c1ccccc1C(C)c1cccc(C(C)C)c1N)c1ccccc1. The van der Waals surface area contributed by atoms with E-state index in [1.54, 1.807) is 5.06 Å². The van der Waals surface area contributed by atoms with Crippen LogP contribution < -0.4 is 5.73 Å². The van der Waals surface area contributed by atoms with Crippen molar-refractivity contribution in [2.45, 2.75) is 32.6 Å². The zero-order valence-corrected chi connectivity index (χ0v) is 18.9. The van der Waals surface area contributed by atoms with Gasteiger partial charge in [0.2, 0.25) is 0 Å². The Morgan fingerprint density at radius 3 is 2.06 bits per heavy atom. The molecule has 3 aromatic carbocycles. The molecule has 0 saturated heterocycles. The standard InChI is InChI=1S/C28H32N2O/c1-19(2)24-17-12-18-26(28(24)29)20(3)25-15-10-11-16-27(25)21(4)30(6)31-22(5)23-13-8-7-9-14-23/h7-20H,4-5,29H2,1-3,6H3. The predicted molar refractivity (Wildman–Crippen MR) is 132 cm³/mol. The van der Waals surface area contributed by atoms with E-state index in [1.807, 2.05) is 43.4 Å². The summed E-state index contributed by atoms with van der Waals surface area (Å²) in [7, 11) is 1.85. The molecule has 0 spiro atoms. The van der Waals surface area contributed by atoms with Gasteiger partial charge in [0, 0.05) is 29.8 Å². The molecule has 31 heavy (non-hydrogen) atoms. The van der Waals surface area contributed by atoms with Gasteiger partial charge in [0.15, 0.2) is 5.76 Å². The van der Waals surface area contributed by atoms with E-state index in [2.05, 4.69) is 70.3 Å². The van der Waals surface area contributed by atoms with Crippen LogP contribution in [0.4, 0.5) is 5.69 Å². The van der Waals surface area contributed by atoms with Gasteiger partial charge in [-0.1, -0.05) is 107 Å². The molecule has 0 amide bonds. The van der Waals surface area contributed by atoms with Crippen molar-refractivity contribution in [3.05, 3.63) is 114 Å². The molecule has 0 aromatic heterocycles. The molecule has 2 N–H and O–H groups in total. The van der Waals surface area contributed by atoms with E-state index in [0.717, 1.165) is 33.6 Å². The zero-order chi connectivity index (χ0) is 22.5. The Bertz CT molecular complexity index is 1070. The van der Waals surface area contributed by atoms with E-state index in [-0.39, 0.29) is 5.92 Å². The van der Waals surface area contributed by atoms with Gasteiger partial charge >= 0.3 is 0 Å². The molecule has 3 nitrogen and oxygen atoms in total. The molecule has 3 rings (SSSR count). The van der Waals surface area contributed by atoms with Gasteiger partial charge in [-0.05, 0) is 22.6 Å². The van der Waals surface area contributed by atoms with Crippen LogP contribution in [-0.4, -0.2) is 12.1 Å². The van der Waals surface area contributed by atoms with Gasteiger partial charge < -0.3 is 10.6 Å². The van der Waals surface area contributed by atoms with Crippen molar-refractivity contribution < 1.29 is 4.84 Å². The minimum absolute atomic E-state index is 0.109. The minimum Gasteiger partial charge on any atom is -0.398 e. The van der Waals surface area contributed by atoms with Crippen LogP contribution in [0.3, 0.4) is 0 Å². The van der Waals surface area contributed by atoms with Crippen molar-refractivity contribution >= 4 is 17.1 Å². The first-order chi connectivity index (χ1) is 14.8. The van der Waals surface area contributed by atoms with Crippen molar-refractivity contribution in [2.24, 2.45) is 0 Å². The average Bonchev–Trinajstić information content (AvgIpc) is 2.78. The average molecular weight is 413 g/mol. The Morgan fingerprint density at radius 2 is 1.39 bits per heavy atom. The van der Waals surface area contributed by atoms with Crippen molar-refractivity contribution in [3.8, 4) is 0 Å². The van der Waals surface area contributed by atoms with E-state index in [0.29, 0.717) is 11.7 Å². The third kappa shape index (κ3) is 4.83. The number of hydrogen-bond acceptors (Lipinski definition) is 3. The Balaban J connectivity index is 1.89. The summed E-state index contributed by atoms with van der Waals surface area (Å²) in [5.74, 6) is 1.06. The number of benzene rings is 3. The third-order valence-corrected chi connectivity index (χ3v) is 5.72. The topological polar surface area (TPSA) is 38.5 Å². The first-order valence-electron chi connectivity index (χ1n) is 10.6. The maximum atomic E-state index is 6.57. The van der Waals surface area contributed by atoms with Crippen molar-refractivity contribution in [1.29, 1.82) is 0 Å². The summed E-state index contributed by atoms with van der Waals surface area (Å²) >= 11 is 0. The second-order valence-corrected chi connectivity index (χ2v) is 8.14. The predicted octanol–water partition coefficient (Wildman–Crippen LogP) is 7.05. The lowest BCUT2D eigenvalue weighted by molar-refractivity contribution is 0.00151. The molecule has 1 atom stereocenters. The van der Waals surface area contributed by atoms with E-state index in [1.165, 1.54) is 5.56 Å². The summed E-state index contributed by atoms with van der Waals surface area (Å²) in [5.41, 5.74) is 13.6. The molecule has 0 saturated carbocycles. The number of hydrogen-bond donors (Lipinski definition) is 1. The van der Waals surface area contributed by atoms with Gasteiger partial charge in [0.25, 0.3) is 0 Å². The maximum Gasteiger partial charge on any atom is 0.155 e. The monoisotopic (exact) mass is 412 g/mol. The minimum atomic E-state index is 0.109. The molecular weight excluding hydrogens is 380 g/mol. The summed E-state index contributed by atoms with van der Waals surface area (Å²) in [6.45, 7) is 14.9. The molecule has 0 bridgehead atoms. The van der Waals surface area contributed by atoms with Gasteiger partial charge in [-0.25, -0.2) is 5.06 Å². The molecule has 0 radical (unpaired) electrons. The molecule has 3 aromatic rings. The second-order valence-electron chi connectivity index (χ2n) is 8.14. The molecule has 1 unspecified atom stereocenters. The van der Waals surface area contributed by atoms with Crippen LogP contribution in [0.2, 0.25) is 0 Å². The van der Waals surface area contributed by atoms with Crippen molar-refractivity contribution in [2.75, 3.05) is 12.8 Å². The van der Waals surface area contributed by atoms with Crippen molar-refractivity contribution in [3.63, 3.8) is 0 Å². The molecule has 3 heteroatoms. The zero-order valence-electron chi connectivity index (χ0n) is 18.9. The lowest BCUT2D eigenvalue weighted by Crippen LogP contribution is -2.17. The quantitative estimate of drug-likeness (QED) is 0.245. The highest BCUT2D eigenvalue weighted by molar-refractivity contribution is 5.68. The van der Waals surface area contributed by atoms with Gasteiger partial charge in [-0.2, -0.15) is 0 Å². The number of anilines is 1. The normalized spacial score (nSPS) is 11.8. The Labute approximate surface area is 186 Å². The lowest BCUT2D eigenvalue weighted by Gasteiger charge is -2.26. The molecule has 0 heterocycles. The lowest BCUT2D eigenvalue weighted by atomic mass is 9.85. The fraction of sp³-hybridized carbons (Fsp3) is 0.214. The number of hydroxylamine groups is 2. The van der Waals surface area contributed by atoms with Gasteiger partial charge in [0.1, 0.15) is 0 Å². The maximum absolute atomic E-state index is 6.57. The highest BCUT2D eigenvalue weighted by Gasteiger charge is 2.20. The van der Waals surface area contributed by atoms with Crippen LogP contribution >= 0.6 is 0 Å². The fourth-order valence-corrected chi connectivity index (χ4v) is 3.85. The number of rotatable bonds is 8. The fourth-order valence-electron chi connectivity index (χ4n) is 3.85. The molecule has 0 aliphatic carbocycles. The number of nitrogen functional groups attached to an aromatic ring is 1. The highest BCUT2D eigenvalue weighted by Crippen LogP contribution is 2.36. The summed E-state index contributed by atoms with van der Waals surface area (Å²) in [5, 5.41) is 1.68. The Morgan fingerprint density at radius 1 is 0.806 bits per heavy atom. The number of nitrogens with zero attached hydrogens (tertiary/aromatic N) is 1. The molecular formula is C28H32N2O. The summed E-state index contributed by atoms with van der Waals surface area (Å²) in [6.07, 6.45) is 0. The van der Waals surface area contributed by atoms with E-state index in [4.69, 9.17) is 10.6 Å². The molecule has 0 aliphatic rings. The Kier molecular flexibility index (Phi) is 6.86. The first-order valence-corrected chi connectivity index (χ1v) is 10.6. The largest absolute Gasteiger partial charge is 0.398 e. The van der Waals surface area contributed by atoms with Crippen LogP contribution in [0, 0.1) is 0 Å². The smallest absolute Gasteiger partial charge is 0.155 e. The summed E-state index contributed by atoms with van der Waals surface area (Å²) in [6, 6.07) is 24.4. The second kappa shape index (κ2) is 9.57. The van der Waals surface area contributed by atoms with Gasteiger partial charge in [0.05, 0.1) is 5.70 Å². The van der Waals surface area contributed by atoms with Gasteiger partial charge in [-0.3, -0.25) is 0 Å². The van der Waals surface area contributed by atoms with E-state index >= 15 is 0 Å². The molecule has 160 valence electrons. The van der Waals surface area contributed by atoms with Crippen LogP contribution in [0.25, 0.3) is 11.5 Å². The van der Waals surface area contributed by atoms with E-state index in [9.17, 15) is 0 Å².